The van der Waals surface area contributed by atoms with E-state index in [1.165, 1.54) is 24.0 Å². The van der Waals surface area contributed by atoms with Crippen molar-refractivity contribution in [2.24, 2.45) is 5.92 Å². The Morgan fingerprint density at radius 3 is 2.75 bits per heavy atom. The van der Waals surface area contributed by atoms with E-state index in [2.05, 4.69) is 36.5 Å². The van der Waals surface area contributed by atoms with Gasteiger partial charge in [0.15, 0.2) is 0 Å². The molecule has 88 valence electrons. The highest BCUT2D eigenvalue weighted by Gasteiger charge is 2.32. The van der Waals surface area contributed by atoms with Crippen LogP contribution in [-0.4, -0.2) is 20.3 Å². The molecule has 1 fully saturated rings. The smallest absolute Gasteiger partial charge is 0.0587 e. The Bertz CT molecular complexity index is 333. The van der Waals surface area contributed by atoms with Crippen LogP contribution in [0.5, 0.6) is 0 Å². The van der Waals surface area contributed by atoms with E-state index in [-0.39, 0.29) is 0 Å². The van der Waals surface area contributed by atoms with Crippen LogP contribution < -0.4 is 5.32 Å². The first kappa shape index (κ1) is 11.6. The molecule has 1 saturated carbocycles. The van der Waals surface area contributed by atoms with Crippen LogP contribution in [0.3, 0.4) is 0 Å². The molecule has 0 heterocycles. The second-order valence-electron chi connectivity index (χ2n) is 4.62. The number of ether oxygens (including phenoxy) is 1. The van der Waals surface area contributed by atoms with Crippen molar-refractivity contribution in [2.75, 3.05) is 20.3 Å². The maximum absolute atomic E-state index is 5.10. The Hall–Kier alpha value is -0.860. The van der Waals surface area contributed by atoms with Crippen molar-refractivity contribution in [1.29, 1.82) is 0 Å². The van der Waals surface area contributed by atoms with Crippen molar-refractivity contribution in [3.05, 3.63) is 35.4 Å². The molecule has 0 spiro atoms. The van der Waals surface area contributed by atoms with E-state index in [4.69, 9.17) is 4.74 Å². The summed E-state index contributed by atoms with van der Waals surface area (Å²) in [4.78, 5) is 0. The average molecular weight is 219 g/mol. The summed E-state index contributed by atoms with van der Waals surface area (Å²) >= 11 is 0. The Morgan fingerprint density at radius 2 is 2.12 bits per heavy atom. The summed E-state index contributed by atoms with van der Waals surface area (Å²) in [5, 5.41) is 3.61. The fourth-order valence-corrected chi connectivity index (χ4v) is 2.21. The molecule has 0 saturated heterocycles. The van der Waals surface area contributed by atoms with Crippen LogP contribution in [0.15, 0.2) is 24.3 Å². The maximum atomic E-state index is 5.10. The minimum Gasteiger partial charge on any atom is -0.383 e. The zero-order valence-electron chi connectivity index (χ0n) is 10.2. The number of hydrogen-bond donors (Lipinski definition) is 1. The molecule has 0 amide bonds. The van der Waals surface area contributed by atoms with E-state index in [0.717, 1.165) is 19.1 Å². The number of rotatable bonds is 6. The van der Waals surface area contributed by atoms with Gasteiger partial charge in [0, 0.05) is 19.7 Å². The van der Waals surface area contributed by atoms with Crippen molar-refractivity contribution in [2.45, 2.75) is 25.8 Å². The van der Waals surface area contributed by atoms with Gasteiger partial charge in [0.05, 0.1) is 6.61 Å². The van der Waals surface area contributed by atoms with Gasteiger partial charge in [-0.05, 0) is 36.8 Å². The van der Waals surface area contributed by atoms with Crippen LogP contribution in [0, 0.1) is 12.8 Å². The van der Waals surface area contributed by atoms with Gasteiger partial charge in [-0.3, -0.25) is 0 Å². The van der Waals surface area contributed by atoms with E-state index >= 15 is 0 Å². The summed E-state index contributed by atoms with van der Waals surface area (Å²) in [6, 6.07) is 9.21. The SMILES string of the molecule is COCCNC(c1ccccc1C)C1CC1. The van der Waals surface area contributed by atoms with E-state index in [0.29, 0.717) is 6.04 Å². The first-order valence-electron chi connectivity index (χ1n) is 6.11. The largest absolute Gasteiger partial charge is 0.383 e. The van der Waals surface area contributed by atoms with Gasteiger partial charge in [-0.25, -0.2) is 0 Å². The monoisotopic (exact) mass is 219 g/mol. The predicted molar refractivity (Wildman–Crippen MR) is 66.5 cm³/mol. The van der Waals surface area contributed by atoms with Gasteiger partial charge in [0.1, 0.15) is 0 Å². The molecule has 0 radical (unpaired) electrons. The highest BCUT2D eigenvalue weighted by Crippen LogP contribution is 2.41. The molecule has 1 N–H and O–H groups in total. The maximum Gasteiger partial charge on any atom is 0.0587 e. The summed E-state index contributed by atoms with van der Waals surface area (Å²) < 4.78 is 5.10. The lowest BCUT2D eigenvalue weighted by atomic mass is 9.98. The lowest BCUT2D eigenvalue weighted by molar-refractivity contribution is 0.194. The highest BCUT2D eigenvalue weighted by atomic mass is 16.5. The molecule has 0 aromatic heterocycles. The molecule has 2 nitrogen and oxygen atoms in total. The van der Waals surface area contributed by atoms with Gasteiger partial charge in [-0.1, -0.05) is 24.3 Å². The summed E-state index contributed by atoms with van der Waals surface area (Å²) in [6.07, 6.45) is 2.72. The normalized spacial score (nSPS) is 17.4. The van der Waals surface area contributed by atoms with Crippen molar-refractivity contribution in [3.8, 4) is 0 Å². The molecular formula is C14H21NO. The standard InChI is InChI=1S/C14H21NO/c1-11-5-3-4-6-13(11)14(12-7-8-12)15-9-10-16-2/h3-6,12,14-15H,7-10H2,1-2H3. The minimum atomic E-state index is 0.524. The number of nitrogens with one attached hydrogen (secondary N) is 1. The van der Waals surface area contributed by atoms with Gasteiger partial charge >= 0.3 is 0 Å². The van der Waals surface area contributed by atoms with Crippen molar-refractivity contribution in [3.63, 3.8) is 0 Å². The first-order chi connectivity index (χ1) is 7.83. The quantitative estimate of drug-likeness (QED) is 0.743. The number of benzene rings is 1. The van der Waals surface area contributed by atoms with Gasteiger partial charge in [0.2, 0.25) is 0 Å². The van der Waals surface area contributed by atoms with Gasteiger partial charge in [-0.15, -0.1) is 0 Å². The number of hydrogen-bond acceptors (Lipinski definition) is 2. The Morgan fingerprint density at radius 1 is 1.38 bits per heavy atom. The van der Waals surface area contributed by atoms with E-state index in [9.17, 15) is 0 Å². The Labute approximate surface area is 98.0 Å². The molecule has 1 aliphatic carbocycles. The highest BCUT2D eigenvalue weighted by molar-refractivity contribution is 5.30. The number of methoxy groups -OCH3 is 1. The second kappa shape index (κ2) is 5.46. The van der Waals surface area contributed by atoms with Crippen LogP contribution in [0.1, 0.15) is 30.0 Å². The van der Waals surface area contributed by atoms with Gasteiger partial charge < -0.3 is 10.1 Å². The van der Waals surface area contributed by atoms with E-state index < -0.39 is 0 Å². The van der Waals surface area contributed by atoms with Crippen LogP contribution in [0.25, 0.3) is 0 Å². The predicted octanol–water partition coefficient (Wildman–Crippen LogP) is 2.68. The first-order valence-corrected chi connectivity index (χ1v) is 6.11. The summed E-state index contributed by atoms with van der Waals surface area (Å²) in [6.45, 7) is 3.92. The van der Waals surface area contributed by atoms with Crippen LogP contribution >= 0.6 is 0 Å². The molecule has 1 aromatic rings. The molecule has 1 atom stereocenters. The summed E-state index contributed by atoms with van der Waals surface area (Å²) in [7, 11) is 1.75. The molecule has 1 aromatic carbocycles. The fourth-order valence-electron chi connectivity index (χ4n) is 2.21. The zero-order chi connectivity index (χ0) is 11.4. The second-order valence-corrected chi connectivity index (χ2v) is 4.62. The molecule has 0 aliphatic heterocycles. The molecule has 1 unspecified atom stereocenters. The average Bonchev–Trinajstić information content (AvgIpc) is 3.10. The fraction of sp³-hybridized carbons (Fsp3) is 0.571. The van der Waals surface area contributed by atoms with Crippen LogP contribution in [-0.2, 0) is 4.74 Å². The van der Waals surface area contributed by atoms with Gasteiger partial charge in [-0.2, -0.15) is 0 Å². The lowest BCUT2D eigenvalue weighted by Gasteiger charge is -2.20. The molecule has 2 rings (SSSR count). The van der Waals surface area contributed by atoms with Crippen molar-refractivity contribution < 1.29 is 4.74 Å². The Kier molecular flexibility index (Phi) is 3.97. The minimum absolute atomic E-state index is 0.524. The van der Waals surface area contributed by atoms with Crippen molar-refractivity contribution >= 4 is 0 Å². The summed E-state index contributed by atoms with van der Waals surface area (Å²) in [5.41, 5.74) is 2.85. The third-order valence-electron chi connectivity index (χ3n) is 3.29. The molecule has 0 bridgehead atoms. The lowest BCUT2D eigenvalue weighted by Crippen LogP contribution is -2.27. The number of aryl methyl sites for hydroxylation is 1. The van der Waals surface area contributed by atoms with Crippen LogP contribution in [0.2, 0.25) is 0 Å². The third kappa shape index (κ3) is 2.83. The summed E-state index contributed by atoms with van der Waals surface area (Å²) in [5.74, 6) is 0.831. The van der Waals surface area contributed by atoms with Gasteiger partial charge in [0.25, 0.3) is 0 Å². The van der Waals surface area contributed by atoms with E-state index in [1.54, 1.807) is 7.11 Å². The molecule has 2 heteroatoms. The third-order valence-corrected chi connectivity index (χ3v) is 3.29. The molecular weight excluding hydrogens is 198 g/mol. The van der Waals surface area contributed by atoms with Crippen molar-refractivity contribution in [1.82, 2.24) is 5.32 Å². The molecule has 1 aliphatic rings. The zero-order valence-corrected chi connectivity index (χ0v) is 10.2. The Balaban J connectivity index is 2.04. The van der Waals surface area contributed by atoms with Crippen LogP contribution in [0.4, 0.5) is 0 Å². The molecule has 16 heavy (non-hydrogen) atoms. The topological polar surface area (TPSA) is 21.3 Å². The van der Waals surface area contributed by atoms with E-state index in [1.807, 2.05) is 0 Å².